The second-order valence-corrected chi connectivity index (χ2v) is 5.23. The van der Waals surface area contributed by atoms with Gasteiger partial charge in [-0.25, -0.2) is 0 Å². The fourth-order valence-corrected chi connectivity index (χ4v) is 2.27. The number of aromatic amines is 1. The Morgan fingerprint density at radius 3 is 2.43 bits per heavy atom. The van der Waals surface area contributed by atoms with Gasteiger partial charge in [0.2, 0.25) is 0 Å². The first-order chi connectivity index (χ1) is 9.79. The Balaban J connectivity index is 3.01. The number of aliphatic carboxylic acids is 1. The molecule has 0 saturated carbocycles. The fourth-order valence-electron chi connectivity index (χ4n) is 2.27. The zero-order valence-corrected chi connectivity index (χ0v) is 12.9. The van der Waals surface area contributed by atoms with Crippen molar-refractivity contribution < 1.29 is 19.5 Å². The van der Waals surface area contributed by atoms with E-state index < -0.39 is 11.9 Å². The number of carbonyl (C=O) groups excluding carboxylic acids is 2. The molecule has 3 N–H and O–H groups in total. The summed E-state index contributed by atoms with van der Waals surface area (Å²) < 4.78 is 0. The van der Waals surface area contributed by atoms with Gasteiger partial charge in [0.05, 0.1) is 5.92 Å². The summed E-state index contributed by atoms with van der Waals surface area (Å²) in [4.78, 5) is 37.6. The van der Waals surface area contributed by atoms with Crippen LogP contribution in [0.5, 0.6) is 0 Å². The van der Waals surface area contributed by atoms with E-state index in [-0.39, 0.29) is 18.2 Å². The van der Waals surface area contributed by atoms with Crippen molar-refractivity contribution in [1.82, 2.24) is 10.3 Å². The van der Waals surface area contributed by atoms with E-state index in [1.807, 2.05) is 6.92 Å². The molecule has 116 valence electrons. The molecule has 1 amide bonds. The normalized spacial score (nSPS) is 12.0. The number of carboxylic acids is 1. The van der Waals surface area contributed by atoms with Crippen LogP contribution >= 0.6 is 0 Å². The molecule has 0 spiro atoms. The monoisotopic (exact) mass is 294 g/mol. The molecule has 1 heterocycles. The minimum atomic E-state index is -0.962. The lowest BCUT2D eigenvalue weighted by Gasteiger charge is -2.09. The van der Waals surface area contributed by atoms with Crippen LogP contribution in [0.3, 0.4) is 0 Å². The molecule has 21 heavy (non-hydrogen) atoms. The van der Waals surface area contributed by atoms with Crippen molar-refractivity contribution in [1.29, 1.82) is 0 Å². The Morgan fingerprint density at radius 2 is 1.95 bits per heavy atom. The van der Waals surface area contributed by atoms with Crippen molar-refractivity contribution in [3.05, 3.63) is 22.5 Å². The fraction of sp³-hybridized carbons (Fsp3) is 0.533. The third-order valence-electron chi connectivity index (χ3n) is 3.36. The van der Waals surface area contributed by atoms with Crippen LogP contribution < -0.4 is 5.32 Å². The van der Waals surface area contributed by atoms with Gasteiger partial charge in [-0.3, -0.25) is 14.4 Å². The number of rotatable bonds is 7. The van der Waals surface area contributed by atoms with Crippen molar-refractivity contribution in [2.45, 2.75) is 40.5 Å². The molecule has 6 nitrogen and oxygen atoms in total. The third-order valence-corrected chi connectivity index (χ3v) is 3.36. The number of Topliss-reactive ketones (excluding diaryl/α,β-unsaturated/α-hetero) is 1. The molecule has 0 fully saturated rings. The molecular formula is C15H22N2O4. The van der Waals surface area contributed by atoms with Crippen LogP contribution in [0.15, 0.2) is 0 Å². The molecule has 6 heteroatoms. The van der Waals surface area contributed by atoms with E-state index in [1.165, 1.54) is 13.8 Å². The SMILES string of the molecule is CCCc1c(C(=O)NCC(C)C(=O)O)[nH]c(C)c1C(C)=O. The molecule has 1 aromatic rings. The van der Waals surface area contributed by atoms with Crippen LogP contribution in [0.1, 0.15) is 59.3 Å². The maximum Gasteiger partial charge on any atom is 0.308 e. The van der Waals surface area contributed by atoms with Gasteiger partial charge < -0.3 is 15.4 Å². The Morgan fingerprint density at radius 1 is 1.33 bits per heavy atom. The maximum absolute atomic E-state index is 12.2. The highest BCUT2D eigenvalue weighted by Gasteiger charge is 2.22. The van der Waals surface area contributed by atoms with E-state index in [1.54, 1.807) is 6.92 Å². The lowest BCUT2D eigenvalue weighted by molar-refractivity contribution is -0.140. The zero-order valence-electron chi connectivity index (χ0n) is 12.9. The highest BCUT2D eigenvalue weighted by Crippen LogP contribution is 2.21. The largest absolute Gasteiger partial charge is 0.481 e. The van der Waals surface area contributed by atoms with E-state index >= 15 is 0 Å². The van der Waals surface area contributed by atoms with Gasteiger partial charge in [0.15, 0.2) is 5.78 Å². The molecular weight excluding hydrogens is 272 g/mol. The van der Waals surface area contributed by atoms with E-state index in [0.29, 0.717) is 28.9 Å². The molecule has 0 aliphatic heterocycles. The Hall–Kier alpha value is -2.11. The third kappa shape index (κ3) is 3.93. The predicted molar refractivity (Wildman–Crippen MR) is 78.7 cm³/mol. The first-order valence-corrected chi connectivity index (χ1v) is 7.02. The van der Waals surface area contributed by atoms with Gasteiger partial charge in [0, 0.05) is 17.8 Å². The van der Waals surface area contributed by atoms with E-state index in [2.05, 4.69) is 10.3 Å². The number of carboxylic acid groups (broad SMARTS) is 1. The minimum Gasteiger partial charge on any atom is -0.481 e. The minimum absolute atomic E-state index is 0.0488. The topological polar surface area (TPSA) is 99.3 Å². The summed E-state index contributed by atoms with van der Waals surface area (Å²) in [5, 5.41) is 11.4. The first kappa shape index (κ1) is 16.9. The number of ketones is 1. The van der Waals surface area contributed by atoms with Crippen molar-refractivity contribution in [2.75, 3.05) is 6.54 Å². The summed E-state index contributed by atoms with van der Waals surface area (Å²) in [6.07, 6.45) is 1.43. The summed E-state index contributed by atoms with van der Waals surface area (Å²) in [7, 11) is 0. The van der Waals surface area contributed by atoms with Crippen molar-refractivity contribution in [2.24, 2.45) is 5.92 Å². The van der Waals surface area contributed by atoms with Gasteiger partial charge in [-0.2, -0.15) is 0 Å². The first-order valence-electron chi connectivity index (χ1n) is 7.02. The van der Waals surface area contributed by atoms with Gasteiger partial charge in [0.25, 0.3) is 5.91 Å². The molecule has 1 atom stereocenters. The zero-order chi connectivity index (χ0) is 16.2. The van der Waals surface area contributed by atoms with Crippen LogP contribution in [0, 0.1) is 12.8 Å². The van der Waals surface area contributed by atoms with E-state index in [0.717, 1.165) is 6.42 Å². The molecule has 0 saturated heterocycles. The van der Waals surface area contributed by atoms with Gasteiger partial charge in [-0.15, -0.1) is 0 Å². The summed E-state index contributed by atoms with van der Waals surface area (Å²) >= 11 is 0. The van der Waals surface area contributed by atoms with Crippen molar-refractivity contribution in [3.63, 3.8) is 0 Å². The number of carbonyl (C=O) groups is 3. The van der Waals surface area contributed by atoms with Crippen LogP contribution in [-0.4, -0.2) is 34.3 Å². The molecule has 0 aliphatic carbocycles. The summed E-state index contributed by atoms with van der Waals surface area (Å²) in [6.45, 7) is 6.78. The van der Waals surface area contributed by atoms with Crippen LogP contribution in [0.2, 0.25) is 0 Å². The standard InChI is InChI=1S/C15H22N2O4/c1-5-6-11-12(10(4)18)9(3)17-13(11)14(19)16-7-8(2)15(20)21/h8,17H,5-7H2,1-4H3,(H,16,19)(H,20,21). The van der Waals surface area contributed by atoms with Gasteiger partial charge >= 0.3 is 5.97 Å². The number of nitrogens with one attached hydrogen (secondary N) is 2. The quantitative estimate of drug-likeness (QED) is 0.669. The number of amides is 1. The summed E-state index contributed by atoms with van der Waals surface area (Å²) in [5.41, 5.74) is 2.30. The van der Waals surface area contributed by atoms with Gasteiger partial charge in [-0.1, -0.05) is 20.3 Å². The maximum atomic E-state index is 12.2. The van der Waals surface area contributed by atoms with Crippen LogP contribution in [0.25, 0.3) is 0 Å². The highest BCUT2D eigenvalue weighted by molar-refractivity contribution is 6.02. The molecule has 0 aliphatic rings. The lowest BCUT2D eigenvalue weighted by atomic mass is 10.0. The Kier molecular flexibility index (Phi) is 5.69. The van der Waals surface area contributed by atoms with Crippen LogP contribution in [-0.2, 0) is 11.2 Å². The summed E-state index contributed by atoms with van der Waals surface area (Å²) in [6, 6.07) is 0. The number of hydrogen-bond acceptors (Lipinski definition) is 3. The molecule has 1 rings (SSSR count). The van der Waals surface area contributed by atoms with Crippen molar-refractivity contribution >= 4 is 17.7 Å². The average molecular weight is 294 g/mol. The smallest absolute Gasteiger partial charge is 0.308 e. The number of H-pyrrole nitrogens is 1. The molecule has 0 radical (unpaired) electrons. The Labute approximate surface area is 123 Å². The average Bonchev–Trinajstić information content (AvgIpc) is 2.72. The molecule has 1 unspecified atom stereocenters. The van der Waals surface area contributed by atoms with Crippen molar-refractivity contribution in [3.8, 4) is 0 Å². The highest BCUT2D eigenvalue weighted by atomic mass is 16.4. The van der Waals surface area contributed by atoms with Gasteiger partial charge in [-0.05, 0) is 25.8 Å². The predicted octanol–water partition coefficient (Wildman–Crippen LogP) is 1.93. The summed E-state index contributed by atoms with van der Waals surface area (Å²) in [5.74, 6) is -2.07. The molecule has 1 aromatic heterocycles. The number of hydrogen-bond donors (Lipinski definition) is 3. The second kappa shape index (κ2) is 7.06. The lowest BCUT2D eigenvalue weighted by Crippen LogP contribution is -2.32. The van der Waals surface area contributed by atoms with E-state index in [4.69, 9.17) is 5.11 Å². The van der Waals surface area contributed by atoms with Crippen LogP contribution in [0.4, 0.5) is 0 Å². The number of aryl methyl sites for hydroxylation is 1. The second-order valence-electron chi connectivity index (χ2n) is 5.23. The van der Waals surface area contributed by atoms with E-state index in [9.17, 15) is 14.4 Å². The Bertz CT molecular complexity index is 560. The number of aromatic nitrogens is 1. The molecule has 0 bridgehead atoms. The molecule has 0 aromatic carbocycles. The van der Waals surface area contributed by atoms with Gasteiger partial charge in [0.1, 0.15) is 5.69 Å².